The Morgan fingerprint density at radius 1 is 1.50 bits per heavy atom. The van der Waals surface area contributed by atoms with E-state index in [-0.39, 0.29) is 0 Å². The van der Waals surface area contributed by atoms with Crippen molar-refractivity contribution < 1.29 is 19.4 Å². The van der Waals surface area contributed by atoms with Crippen molar-refractivity contribution in [3.05, 3.63) is 12.7 Å². The Kier molecular flexibility index (Phi) is 6.83. The summed E-state index contributed by atoms with van der Waals surface area (Å²) in [7, 11) is 1.43. The highest BCUT2D eigenvalue weighted by molar-refractivity contribution is 7.99. The maximum absolute atomic E-state index is 11.7. The Labute approximate surface area is 112 Å². The molecule has 1 amide bonds. The van der Waals surface area contributed by atoms with E-state index in [1.165, 1.54) is 18.8 Å². The molecule has 0 rings (SSSR count). The van der Waals surface area contributed by atoms with Crippen LogP contribution in [0.1, 0.15) is 20.8 Å². The van der Waals surface area contributed by atoms with Crippen molar-refractivity contribution >= 4 is 23.8 Å². The minimum atomic E-state index is -1.04. The molecule has 5 nitrogen and oxygen atoms in total. The van der Waals surface area contributed by atoms with Gasteiger partial charge in [0.15, 0.2) is 0 Å². The van der Waals surface area contributed by atoms with Crippen molar-refractivity contribution in [2.75, 3.05) is 18.6 Å². The number of nitrogens with zero attached hydrogens (tertiary/aromatic N) is 1. The highest BCUT2D eigenvalue weighted by Gasteiger charge is 2.29. The molecule has 1 atom stereocenters. The third kappa shape index (κ3) is 6.54. The van der Waals surface area contributed by atoms with Crippen LogP contribution in [0.4, 0.5) is 4.79 Å². The number of hydrogen-bond donors (Lipinski definition) is 1. The molecule has 0 saturated heterocycles. The fourth-order valence-corrected chi connectivity index (χ4v) is 1.97. The third-order valence-electron chi connectivity index (χ3n) is 1.95. The zero-order valence-corrected chi connectivity index (χ0v) is 12.1. The van der Waals surface area contributed by atoms with E-state index in [0.29, 0.717) is 11.5 Å². The fraction of sp³-hybridized carbons (Fsp3) is 0.667. The molecule has 1 N–H and O–H groups in total. The molecule has 0 aliphatic rings. The number of aliphatic carboxylic acids is 1. The molecule has 0 aromatic carbocycles. The lowest BCUT2D eigenvalue weighted by Crippen LogP contribution is -2.46. The van der Waals surface area contributed by atoms with E-state index in [2.05, 4.69) is 6.58 Å². The van der Waals surface area contributed by atoms with E-state index in [0.717, 1.165) is 4.90 Å². The van der Waals surface area contributed by atoms with Crippen molar-refractivity contribution in [3.63, 3.8) is 0 Å². The molecular weight excluding hydrogens is 254 g/mol. The van der Waals surface area contributed by atoms with Crippen molar-refractivity contribution in [2.45, 2.75) is 32.4 Å². The number of carboxylic acid groups (broad SMARTS) is 1. The van der Waals surface area contributed by atoms with Crippen LogP contribution in [0.2, 0.25) is 0 Å². The highest BCUT2D eigenvalue weighted by Crippen LogP contribution is 2.13. The van der Waals surface area contributed by atoms with Crippen molar-refractivity contribution in [1.82, 2.24) is 4.90 Å². The number of amides is 1. The van der Waals surface area contributed by atoms with Gasteiger partial charge in [-0.25, -0.2) is 9.59 Å². The second kappa shape index (κ2) is 7.31. The van der Waals surface area contributed by atoms with Gasteiger partial charge in [-0.05, 0) is 20.8 Å². The molecular formula is C12H21NO4S. The van der Waals surface area contributed by atoms with Crippen LogP contribution in [-0.2, 0) is 9.53 Å². The van der Waals surface area contributed by atoms with E-state index in [1.807, 2.05) is 0 Å². The van der Waals surface area contributed by atoms with Gasteiger partial charge in [-0.2, -0.15) is 11.8 Å². The zero-order valence-electron chi connectivity index (χ0n) is 11.3. The lowest BCUT2D eigenvalue weighted by Gasteiger charge is -2.28. The van der Waals surface area contributed by atoms with Crippen LogP contribution >= 0.6 is 11.8 Å². The molecule has 0 aliphatic heterocycles. The number of carbonyl (C=O) groups is 2. The van der Waals surface area contributed by atoms with Gasteiger partial charge in [0.2, 0.25) is 0 Å². The number of hydrogen-bond acceptors (Lipinski definition) is 4. The molecule has 104 valence electrons. The Hall–Kier alpha value is -1.17. The number of ether oxygens (including phenoxy) is 1. The molecule has 0 radical (unpaired) electrons. The molecule has 0 spiro atoms. The Morgan fingerprint density at radius 2 is 2.06 bits per heavy atom. The minimum absolute atomic E-state index is 0.303. The molecule has 6 heteroatoms. The molecule has 0 aliphatic carbocycles. The zero-order chi connectivity index (χ0) is 14.3. The molecule has 0 aromatic rings. The lowest BCUT2D eigenvalue weighted by molar-refractivity contribution is -0.141. The monoisotopic (exact) mass is 275 g/mol. The molecule has 0 heterocycles. The third-order valence-corrected chi connectivity index (χ3v) is 2.97. The minimum Gasteiger partial charge on any atom is -0.480 e. The summed E-state index contributed by atoms with van der Waals surface area (Å²) in [4.78, 5) is 24.0. The SMILES string of the molecule is C=CCSC[C@@H](C(=O)O)N(C)C(=O)OC(C)(C)C. The number of carbonyl (C=O) groups excluding carboxylic acids is 1. The van der Waals surface area contributed by atoms with E-state index in [4.69, 9.17) is 9.84 Å². The average Bonchev–Trinajstić information content (AvgIpc) is 2.20. The van der Waals surface area contributed by atoms with Crippen LogP contribution in [-0.4, -0.2) is 52.3 Å². The molecule has 0 aromatic heterocycles. The summed E-state index contributed by atoms with van der Waals surface area (Å²) in [5.41, 5.74) is -0.636. The summed E-state index contributed by atoms with van der Waals surface area (Å²) >= 11 is 1.41. The summed E-state index contributed by atoms with van der Waals surface area (Å²) < 4.78 is 5.13. The van der Waals surface area contributed by atoms with Gasteiger partial charge in [0.25, 0.3) is 0 Å². The van der Waals surface area contributed by atoms with E-state index < -0.39 is 23.7 Å². The van der Waals surface area contributed by atoms with E-state index >= 15 is 0 Å². The summed E-state index contributed by atoms with van der Waals surface area (Å²) in [5.74, 6) is -0.0943. The van der Waals surface area contributed by atoms with Crippen LogP contribution in [0.5, 0.6) is 0 Å². The fourth-order valence-electron chi connectivity index (χ4n) is 1.07. The first-order chi connectivity index (χ1) is 8.19. The standard InChI is InChI=1S/C12H21NO4S/c1-6-7-18-8-9(10(14)15)13(5)11(16)17-12(2,3)4/h6,9H,1,7-8H2,2-5H3,(H,14,15)/t9-/m0/s1. The number of rotatable bonds is 6. The molecule has 0 bridgehead atoms. The van der Waals surface area contributed by atoms with Crippen LogP contribution in [0.3, 0.4) is 0 Å². The molecule has 18 heavy (non-hydrogen) atoms. The topological polar surface area (TPSA) is 66.8 Å². The lowest BCUT2D eigenvalue weighted by atomic mass is 10.2. The van der Waals surface area contributed by atoms with Gasteiger partial charge in [-0.15, -0.1) is 6.58 Å². The van der Waals surface area contributed by atoms with Crippen molar-refractivity contribution in [1.29, 1.82) is 0 Å². The Bertz CT molecular complexity index is 312. The van der Waals surface area contributed by atoms with Gasteiger partial charge >= 0.3 is 12.1 Å². The van der Waals surface area contributed by atoms with Crippen LogP contribution in [0.25, 0.3) is 0 Å². The first-order valence-corrected chi connectivity index (χ1v) is 6.71. The Morgan fingerprint density at radius 3 is 2.44 bits per heavy atom. The number of thioether (sulfide) groups is 1. The molecule has 0 saturated carbocycles. The van der Waals surface area contributed by atoms with Crippen molar-refractivity contribution in [2.24, 2.45) is 0 Å². The summed E-state index contributed by atoms with van der Waals surface area (Å²) in [5, 5.41) is 9.10. The van der Waals surface area contributed by atoms with Gasteiger partial charge in [-0.1, -0.05) is 6.08 Å². The Balaban J connectivity index is 4.55. The normalized spacial score (nSPS) is 12.7. The summed E-state index contributed by atoms with van der Waals surface area (Å²) in [6.07, 6.45) is 1.06. The first-order valence-electron chi connectivity index (χ1n) is 5.56. The number of carboxylic acids is 1. The smallest absolute Gasteiger partial charge is 0.410 e. The first kappa shape index (κ1) is 16.8. The van der Waals surface area contributed by atoms with E-state index in [9.17, 15) is 9.59 Å². The average molecular weight is 275 g/mol. The van der Waals surface area contributed by atoms with Gasteiger partial charge < -0.3 is 9.84 Å². The molecule has 0 unspecified atom stereocenters. The predicted molar refractivity (Wildman–Crippen MR) is 72.9 cm³/mol. The largest absolute Gasteiger partial charge is 0.480 e. The summed E-state index contributed by atoms with van der Waals surface area (Å²) in [6, 6.07) is -0.898. The second-order valence-corrected chi connectivity index (χ2v) is 5.85. The van der Waals surface area contributed by atoms with E-state index in [1.54, 1.807) is 26.8 Å². The number of likely N-dealkylation sites (N-methyl/N-ethyl adjacent to an activating group) is 1. The van der Waals surface area contributed by atoms with Gasteiger partial charge in [-0.3, -0.25) is 4.90 Å². The predicted octanol–water partition coefficient (Wildman–Crippen LogP) is 2.23. The van der Waals surface area contributed by atoms with Gasteiger partial charge in [0, 0.05) is 18.6 Å². The maximum Gasteiger partial charge on any atom is 0.410 e. The summed E-state index contributed by atoms with van der Waals surface area (Å²) in [6.45, 7) is 8.77. The van der Waals surface area contributed by atoms with Crippen LogP contribution < -0.4 is 0 Å². The van der Waals surface area contributed by atoms with Crippen molar-refractivity contribution in [3.8, 4) is 0 Å². The molecule has 0 fully saturated rings. The van der Waals surface area contributed by atoms with Crippen LogP contribution in [0, 0.1) is 0 Å². The highest BCUT2D eigenvalue weighted by atomic mass is 32.2. The van der Waals surface area contributed by atoms with Gasteiger partial charge in [0.05, 0.1) is 0 Å². The van der Waals surface area contributed by atoms with Crippen LogP contribution in [0.15, 0.2) is 12.7 Å². The maximum atomic E-state index is 11.7. The van der Waals surface area contributed by atoms with Gasteiger partial charge in [0.1, 0.15) is 11.6 Å². The second-order valence-electron chi connectivity index (χ2n) is 4.77. The quantitative estimate of drug-likeness (QED) is 0.594.